The van der Waals surface area contributed by atoms with Gasteiger partial charge in [-0.1, -0.05) is 24.3 Å². The van der Waals surface area contributed by atoms with Crippen LogP contribution in [0.15, 0.2) is 47.8 Å². The number of fused-ring (bicyclic) bond motifs is 3. The van der Waals surface area contributed by atoms with Gasteiger partial charge < -0.3 is 30.7 Å². The van der Waals surface area contributed by atoms with E-state index in [1.807, 2.05) is 0 Å². The standard InChI is InChI=1S/C31H31F2N5O5S/c1-16-9-23-21(19-5-3-4-6-22(19)31(23,32)33)11-20(16)28(40)36-13-26(39)38-15-30(42-7-8-43-30)12-24(38)29(41)37-17(2)25-10-18(14-44-25)27(34)35/h3-6,9-11,14,17,24H,7-8,12-13,15H2,1-2H3,(H3,34,35)(H,36,40)(H,37,41)/t17?,24-/m0/s1. The van der Waals surface area contributed by atoms with Gasteiger partial charge in [0.1, 0.15) is 11.9 Å². The van der Waals surface area contributed by atoms with E-state index in [4.69, 9.17) is 20.6 Å². The second-order valence-corrected chi connectivity index (χ2v) is 12.2. The molecule has 0 saturated carbocycles. The Morgan fingerprint density at radius 2 is 1.86 bits per heavy atom. The molecule has 1 aromatic heterocycles. The number of nitrogens with zero attached hydrogens (tertiary/aromatic N) is 1. The van der Waals surface area contributed by atoms with Crippen LogP contribution in [-0.4, -0.2) is 66.6 Å². The number of alkyl halides is 2. The third-order valence-corrected chi connectivity index (χ3v) is 9.46. The van der Waals surface area contributed by atoms with Gasteiger partial charge in [0.15, 0.2) is 5.79 Å². The van der Waals surface area contributed by atoms with Crippen LogP contribution < -0.4 is 16.4 Å². The first-order valence-corrected chi connectivity index (χ1v) is 15.0. The molecule has 3 aromatic rings. The van der Waals surface area contributed by atoms with Crippen molar-refractivity contribution in [2.45, 2.75) is 44.1 Å². The van der Waals surface area contributed by atoms with E-state index in [9.17, 15) is 14.4 Å². The van der Waals surface area contributed by atoms with Crippen molar-refractivity contribution in [1.29, 1.82) is 5.41 Å². The topological polar surface area (TPSA) is 147 Å². The summed E-state index contributed by atoms with van der Waals surface area (Å²) >= 11 is 1.36. The maximum Gasteiger partial charge on any atom is 0.299 e. The molecule has 10 nitrogen and oxygen atoms in total. The zero-order chi connectivity index (χ0) is 31.4. The predicted octanol–water partition coefficient (Wildman–Crippen LogP) is 3.41. The second-order valence-electron chi connectivity index (χ2n) is 11.2. The number of nitrogens with two attached hydrogens (primary N) is 1. The van der Waals surface area contributed by atoms with Crippen LogP contribution in [0.5, 0.6) is 0 Å². The zero-order valence-corrected chi connectivity index (χ0v) is 24.9. The van der Waals surface area contributed by atoms with Crippen molar-refractivity contribution in [3.8, 4) is 11.1 Å². The van der Waals surface area contributed by atoms with E-state index < -0.39 is 48.1 Å². The van der Waals surface area contributed by atoms with Crippen molar-refractivity contribution in [2.75, 3.05) is 26.3 Å². The van der Waals surface area contributed by atoms with Gasteiger partial charge in [-0.05, 0) is 48.7 Å². The number of hydrogen-bond donors (Lipinski definition) is 4. The van der Waals surface area contributed by atoms with Gasteiger partial charge in [0.05, 0.1) is 32.3 Å². The number of nitrogen functional groups attached to an aromatic ring is 1. The number of carbonyl (C=O) groups excluding carboxylic acids is 3. The van der Waals surface area contributed by atoms with Crippen LogP contribution in [0.3, 0.4) is 0 Å². The lowest BCUT2D eigenvalue weighted by atomic mass is 9.97. The lowest BCUT2D eigenvalue weighted by Crippen LogP contribution is -2.49. The quantitative estimate of drug-likeness (QED) is 0.234. The SMILES string of the molecule is Cc1cc2c(cc1C(=O)NCC(=O)N1CC3(C[C@H]1C(=O)NC(C)c1cc(C(=N)N)cs1)OCCO3)-c1ccccc1C2(F)F. The number of nitrogens with one attached hydrogen (secondary N) is 3. The smallest absolute Gasteiger partial charge is 0.299 e. The first kappa shape index (κ1) is 29.9. The number of thiophene rings is 1. The molecule has 0 radical (unpaired) electrons. The normalized spacial score (nSPS) is 19.8. The lowest BCUT2D eigenvalue weighted by Gasteiger charge is -2.25. The van der Waals surface area contributed by atoms with E-state index >= 15 is 8.78 Å². The lowest BCUT2D eigenvalue weighted by molar-refractivity contribution is -0.152. The molecule has 5 N–H and O–H groups in total. The summed E-state index contributed by atoms with van der Waals surface area (Å²) in [6.07, 6.45) is 0.117. The average Bonchev–Trinajstić information content (AvgIpc) is 3.79. The number of ether oxygens (including phenoxy) is 2. The van der Waals surface area contributed by atoms with Crippen LogP contribution >= 0.6 is 11.3 Å². The predicted molar refractivity (Wildman–Crippen MR) is 159 cm³/mol. The number of amides is 3. The molecule has 6 rings (SSSR count). The molecule has 13 heteroatoms. The van der Waals surface area contributed by atoms with E-state index in [-0.39, 0.29) is 41.1 Å². The van der Waals surface area contributed by atoms with E-state index in [1.165, 1.54) is 34.4 Å². The van der Waals surface area contributed by atoms with Crippen molar-refractivity contribution in [1.82, 2.24) is 15.5 Å². The Morgan fingerprint density at radius 1 is 1.14 bits per heavy atom. The average molecular weight is 624 g/mol. The Bertz CT molecular complexity index is 1690. The van der Waals surface area contributed by atoms with Gasteiger partial charge in [0.25, 0.3) is 11.8 Å². The summed E-state index contributed by atoms with van der Waals surface area (Å²) in [4.78, 5) is 42.3. The molecule has 2 atom stereocenters. The van der Waals surface area contributed by atoms with Gasteiger partial charge in [0, 0.05) is 38.9 Å². The minimum atomic E-state index is -3.18. The molecule has 230 valence electrons. The minimum absolute atomic E-state index is 0.00535. The van der Waals surface area contributed by atoms with Crippen LogP contribution in [0.2, 0.25) is 0 Å². The molecule has 0 bridgehead atoms. The number of rotatable bonds is 7. The number of likely N-dealkylation sites (tertiary alicyclic amines) is 1. The maximum atomic E-state index is 15.1. The van der Waals surface area contributed by atoms with Crippen LogP contribution in [-0.2, 0) is 25.0 Å². The molecule has 1 spiro atoms. The number of carbonyl (C=O) groups is 3. The number of aryl methyl sites for hydroxylation is 1. The molecule has 2 fully saturated rings. The van der Waals surface area contributed by atoms with Crippen molar-refractivity contribution >= 4 is 34.9 Å². The highest BCUT2D eigenvalue weighted by Crippen LogP contribution is 2.51. The van der Waals surface area contributed by atoms with Crippen molar-refractivity contribution in [2.24, 2.45) is 5.73 Å². The summed E-state index contributed by atoms with van der Waals surface area (Å²) in [5.41, 5.74) is 7.01. The van der Waals surface area contributed by atoms with E-state index in [2.05, 4.69) is 10.6 Å². The summed E-state index contributed by atoms with van der Waals surface area (Å²) in [5.74, 6) is -5.90. The van der Waals surface area contributed by atoms with Crippen LogP contribution in [0.1, 0.15) is 56.9 Å². The fourth-order valence-corrected chi connectivity index (χ4v) is 6.98. The van der Waals surface area contributed by atoms with E-state index in [1.54, 1.807) is 43.5 Å². The molecule has 3 amide bonds. The Labute approximate surface area is 256 Å². The molecule has 2 saturated heterocycles. The molecule has 44 heavy (non-hydrogen) atoms. The maximum absolute atomic E-state index is 15.1. The third kappa shape index (κ3) is 5.14. The molecular formula is C31H31F2N5O5S. The fourth-order valence-electron chi connectivity index (χ4n) is 6.07. The van der Waals surface area contributed by atoms with Crippen molar-refractivity contribution in [3.05, 3.63) is 80.5 Å². The van der Waals surface area contributed by atoms with Gasteiger partial charge in [-0.25, -0.2) is 0 Å². The van der Waals surface area contributed by atoms with Crippen molar-refractivity contribution < 1.29 is 32.6 Å². The highest BCUT2D eigenvalue weighted by atomic mass is 32.1. The van der Waals surface area contributed by atoms with Crippen LogP contribution in [0, 0.1) is 12.3 Å². The van der Waals surface area contributed by atoms with Gasteiger partial charge in [-0.2, -0.15) is 8.78 Å². The summed E-state index contributed by atoms with van der Waals surface area (Å²) in [6, 6.07) is 9.34. The van der Waals surface area contributed by atoms with Gasteiger partial charge in [-0.15, -0.1) is 11.3 Å². The monoisotopic (exact) mass is 623 g/mol. The molecule has 2 aliphatic heterocycles. The van der Waals surface area contributed by atoms with Crippen LogP contribution in [0.4, 0.5) is 8.78 Å². The molecule has 1 aliphatic carbocycles. The molecule has 3 heterocycles. The number of hydrogen-bond acceptors (Lipinski definition) is 7. The summed E-state index contributed by atoms with van der Waals surface area (Å²) < 4.78 is 41.8. The number of benzene rings is 2. The molecular weight excluding hydrogens is 592 g/mol. The van der Waals surface area contributed by atoms with E-state index in [0.717, 1.165) is 4.88 Å². The first-order chi connectivity index (χ1) is 20.9. The Kier molecular flexibility index (Phi) is 7.50. The zero-order valence-electron chi connectivity index (χ0n) is 24.0. The third-order valence-electron chi connectivity index (χ3n) is 8.35. The van der Waals surface area contributed by atoms with Crippen LogP contribution in [0.25, 0.3) is 11.1 Å². The largest absolute Gasteiger partial charge is 0.384 e. The Hall–Kier alpha value is -4.20. The summed E-state index contributed by atoms with van der Waals surface area (Å²) in [5, 5.41) is 14.9. The summed E-state index contributed by atoms with van der Waals surface area (Å²) in [7, 11) is 0. The summed E-state index contributed by atoms with van der Waals surface area (Å²) in [6.45, 7) is 3.60. The fraction of sp³-hybridized carbons (Fsp3) is 0.355. The Balaban J connectivity index is 1.17. The first-order valence-electron chi connectivity index (χ1n) is 14.1. The van der Waals surface area contributed by atoms with Crippen molar-refractivity contribution in [3.63, 3.8) is 0 Å². The Morgan fingerprint density at radius 3 is 2.57 bits per heavy atom. The second kappa shape index (κ2) is 11.1. The molecule has 2 aromatic carbocycles. The van der Waals surface area contributed by atoms with Gasteiger partial charge in [-0.3, -0.25) is 19.8 Å². The highest BCUT2D eigenvalue weighted by Gasteiger charge is 2.52. The molecule has 1 unspecified atom stereocenters. The number of halogens is 2. The van der Waals surface area contributed by atoms with Gasteiger partial charge in [0.2, 0.25) is 11.8 Å². The highest BCUT2D eigenvalue weighted by molar-refractivity contribution is 7.10. The number of amidine groups is 1. The van der Waals surface area contributed by atoms with Gasteiger partial charge >= 0.3 is 0 Å². The van der Waals surface area contributed by atoms with E-state index in [0.29, 0.717) is 29.9 Å². The molecule has 3 aliphatic rings. The minimum Gasteiger partial charge on any atom is -0.384 e.